The molecule has 2 unspecified atom stereocenters. The highest BCUT2D eigenvalue weighted by Gasteiger charge is 2.17. The van der Waals surface area contributed by atoms with Crippen LogP contribution in [0.1, 0.15) is 68.2 Å². The molecule has 0 saturated heterocycles. The highest BCUT2D eigenvalue weighted by molar-refractivity contribution is 4.69. The van der Waals surface area contributed by atoms with Crippen LogP contribution in [0.3, 0.4) is 0 Å². The van der Waals surface area contributed by atoms with E-state index in [4.69, 9.17) is 0 Å². The minimum Gasteiger partial charge on any atom is -0.0776 e. The standard InChI is InChI=1S/C7H14.2C2H6.CH4/c1-6-4-3-5-7(6)2;2*1-2;/h6-7H,3-5H2,1-2H3;2*1-2H3;1H4. The maximum Gasteiger partial charge on any atom is -0.0417 e. The molecule has 0 heteroatoms. The van der Waals surface area contributed by atoms with Crippen LogP contribution >= 0.6 is 0 Å². The van der Waals surface area contributed by atoms with Crippen LogP contribution in [-0.4, -0.2) is 0 Å². The Morgan fingerprint density at radius 1 is 0.750 bits per heavy atom. The fraction of sp³-hybridized carbons (Fsp3) is 1.00. The molecule has 0 heterocycles. The van der Waals surface area contributed by atoms with Gasteiger partial charge in [0, 0.05) is 0 Å². The normalized spacial score (nSPS) is 25.5. The van der Waals surface area contributed by atoms with Gasteiger partial charge in [0.25, 0.3) is 0 Å². The van der Waals surface area contributed by atoms with Crippen LogP contribution in [0.5, 0.6) is 0 Å². The Kier molecular flexibility index (Phi) is 20.3. The quantitative estimate of drug-likeness (QED) is 0.477. The van der Waals surface area contributed by atoms with Crippen LogP contribution in [0.4, 0.5) is 0 Å². The van der Waals surface area contributed by atoms with Gasteiger partial charge in [-0.25, -0.2) is 0 Å². The summed E-state index contributed by atoms with van der Waals surface area (Å²) in [5.41, 5.74) is 0. The van der Waals surface area contributed by atoms with Gasteiger partial charge >= 0.3 is 0 Å². The largest absolute Gasteiger partial charge is 0.0776 e. The lowest BCUT2D eigenvalue weighted by Crippen LogP contribution is -1.95. The van der Waals surface area contributed by atoms with Crippen LogP contribution in [0, 0.1) is 11.8 Å². The molecule has 1 saturated carbocycles. The van der Waals surface area contributed by atoms with Crippen molar-refractivity contribution in [2.75, 3.05) is 0 Å². The predicted molar refractivity (Wildman–Crippen MR) is 61.6 cm³/mol. The molecular weight excluding hydrogens is 144 g/mol. The second kappa shape index (κ2) is 13.6. The van der Waals surface area contributed by atoms with Gasteiger partial charge in [0.05, 0.1) is 0 Å². The smallest absolute Gasteiger partial charge is 0.0417 e. The molecule has 1 aliphatic carbocycles. The molecule has 0 aromatic heterocycles. The van der Waals surface area contributed by atoms with Gasteiger partial charge in [0.1, 0.15) is 0 Å². The summed E-state index contributed by atoms with van der Waals surface area (Å²) in [4.78, 5) is 0. The highest BCUT2D eigenvalue weighted by atomic mass is 14.2. The average Bonchev–Trinajstić information content (AvgIpc) is 2.44. The average molecular weight is 174 g/mol. The third kappa shape index (κ3) is 8.10. The van der Waals surface area contributed by atoms with Crippen molar-refractivity contribution in [3.63, 3.8) is 0 Å². The molecule has 0 aromatic carbocycles. The van der Waals surface area contributed by atoms with Crippen LogP contribution in [0.15, 0.2) is 0 Å². The SMILES string of the molecule is C.CC.CC.CC1CCCC1C. The molecule has 0 spiro atoms. The number of rotatable bonds is 0. The molecule has 2 atom stereocenters. The van der Waals surface area contributed by atoms with Crippen molar-refractivity contribution in [3.05, 3.63) is 0 Å². The molecule has 0 bridgehead atoms. The zero-order valence-corrected chi connectivity index (χ0v) is 9.28. The summed E-state index contributed by atoms with van der Waals surface area (Å²) in [5.74, 6) is 2.03. The second-order valence-corrected chi connectivity index (χ2v) is 2.89. The number of hydrogen-bond acceptors (Lipinski definition) is 0. The molecule has 0 N–H and O–H groups in total. The first-order valence-corrected chi connectivity index (χ1v) is 5.30. The summed E-state index contributed by atoms with van der Waals surface area (Å²) >= 11 is 0. The third-order valence-corrected chi connectivity index (χ3v) is 2.29. The van der Waals surface area contributed by atoms with E-state index in [0.29, 0.717) is 0 Å². The summed E-state index contributed by atoms with van der Waals surface area (Å²) in [5, 5.41) is 0. The van der Waals surface area contributed by atoms with E-state index in [1.165, 1.54) is 19.3 Å². The van der Waals surface area contributed by atoms with Gasteiger partial charge in [-0.1, -0.05) is 68.2 Å². The Hall–Kier alpha value is 0. The first-order valence-electron chi connectivity index (χ1n) is 5.30. The summed E-state index contributed by atoms with van der Waals surface area (Å²) in [6.45, 7) is 12.7. The Labute approximate surface area is 80.8 Å². The van der Waals surface area contributed by atoms with Crippen LogP contribution in [-0.2, 0) is 0 Å². The first-order chi connectivity index (χ1) is 5.30. The van der Waals surface area contributed by atoms with Crippen LogP contribution in [0.2, 0.25) is 0 Å². The van der Waals surface area contributed by atoms with E-state index in [-0.39, 0.29) is 7.43 Å². The topological polar surface area (TPSA) is 0 Å². The zero-order valence-electron chi connectivity index (χ0n) is 9.28. The molecule has 12 heavy (non-hydrogen) atoms. The second-order valence-electron chi connectivity index (χ2n) is 2.89. The van der Waals surface area contributed by atoms with E-state index in [2.05, 4.69) is 13.8 Å². The van der Waals surface area contributed by atoms with E-state index in [1.54, 1.807) is 0 Å². The monoisotopic (exact) mass is 174 g/mol. The van der Waals surface area contributed by atoms with Crippen LogP contribution in [0.25, 0.3) is 0 Å². The molecule has 0 aliphatic heterocycles. The van der Waals surface area contributed by atoms with E-state index in [0.717, 1.165) is 11.8 Å². The predicted octanol–water partition coefficient (Wildman–Crippen LogP) is 5.13. The van der Waals surface area contributed by atoms with Crippen LogP contribution < -0.4 is 0 Å². The zero-order chi connectivity index (χ0) is 9.28. The molecule has 0 aromatic rings. The maximum absolute atomic E-state index is 2.36. The Morgan fingerprint density at radius 3 is 1.08 bits per heavy atom. The van der Waals surface area contributed by atoms with Crippen molar-refractivity contribution >= 4 is 0 Å². The molecule has 0 amide bonds. The van der Waals surface area contributed by atoms with Crippen molar-refractivity contribution in [1.82, 2.24) is 0 Å². The summed E-state index contributed by atoms with van der Waals surface area (Å²) in [7, 11) is 0. The van der Waals surface area contributed by atoms with Crippen molar-refractivity contribution in [2.45, 2.75) is 68.2 Å². The summed E-state index contributed by atoms with van der Waals surface area (Å²) in [6.07, 6.45) is 4.42. The minimum atomic E-state index is 0. The van der Waals surface area contributed by atoms with Gasteiger partial charge in [-0.15, -0.1) is 0 Å². The molecule has 0 radical (unpaired) electrons. The van der Waals surface area contributed by atoms with Crippen molar-refractivity contribution in [1.29, 1.82) is 0 Å². The van der Waals surface area contributed by atoms with Crippen molar-refractivity contribution < 1.29 is 0 Å². The van der Waals surface area contributed by atoms with Gasteiger partial charge in [0.2, 0.25) is 0 Å². The van der Waals surface area contributed by atoms with Crippen molar-refractivity contribution in [3.8, 4) is 0 Å². The lowest BCUT2D eigenvalue weighted by atomic mass is 10.0. The summed E-state index contributed by atoms with van der Waals surface area (Å²) in [6, 6.07) is 0. The van der Waals surface area contributed by atoms with Gasteiger partial charge < -0.3 is 0 Å². The lowest BCUT2D eigenvalue weighted by Gasteiger charge is -2.05. The van der Waals surface area contributed by atoms with Gasteiger partial charge in [0.15, 0.2) is 0 Å². The van der Waals surface area contributed by atoms with E-state index in [1.807, 2.05) is 27.7 Å². The van der Waals surface area contributed by atoms with E-state index in [9.17, 15) is 0 Å². The van der Waals surface area contributed by atoms with Gasteiger partial charge in [-0.3, -0.25) is 0 Å². The lowest BCUT2D eigenvalue weighted by molar-refractivity contribution is 0.457. The Bertz CT molecular complexity index is 49.1. The minimum absolute atomic E-state index is 0. The first kappa shape index (κ1) is 17.9. The van der Waals surface area contributed by atoms with Gasteiger partial charge in [-0.2, -0.15) is 0 Å². The Balaban J connectivity index is -0.000000144. The van der Waals surface area contributed by atoms with Gasteiger partial charge in [-0.05, 0) is 11.8 Å². The highest BCUT2D eigenvalue weighted by Crippen LogP contribution is 2.29. The number of hydrogen-bond donors (Lipinski definition) is 0. The molecule has 78 valence electrons. The molecular formula is C12H30. The molecule has 1 fully saturated rings. The molecule has 0 nitrogen and oxygen atoms in total. The fourth-order valence-electron chi connectivity index (χ4n) is 1.33. The van der Waals surface area contributed by atoms with E-state index >= 15 is 0 Å². The Morgan fingerprint density at radius 2 is 1.00 bits per heavy atom. The molecule has 1 rings (SSSR count). The van der Waals surface area contributed by atoms with E-state index < -0.39 is 0 Å². The maximum atomic E-state index is 2.36. The summed E-state index contributed by atoms with van der Waals surface area (Å²) < 4.78 is 0. The van der Waals surface area contributed by atoms with Crippen molar-refractivity contribution in [2.24, 2.45) is 11.8 Å². The fourth-order valence-corrected chi connectivity index (χ4v) is 1.33. The molecule has 1 aliphatic rings. The third-order valence-electron chi connectivity index (χ3n) is 2.29.